The Morgan fingerprint density at radius 3 is 2.48 bits per heavy atom. The lowest BCUT2D eigenvalue weighted by atomic mass is 10.1. The van der Waals surface area contributed by atoms with Crippen LogP contribution < -0.4 is 10.1 Å². The first-order valence-electron chi connectivity index (χ1n) is 10.4. The molecule has 0 aliphatic carbocycles. The third-order valence-electron chi connectivity index (χ3n) is 5.10. The summed E-state index contributed by atoms with van der Waals surface area (Å²) in [6.07, 6.45) is 0. The normalized spacial score (nSPS) is 11.1. The number of nitrogens with zero attached hydrogens (tertiary/aromatic N) is 1. The number of fused-ring (bicyclic) bond motifs is 1. The van der Waals surface area contributed by atoms with E-state index >= 15 is 0 Å². The van der Waals surface area contributed by atoms with Crippen molar-refractivity contribution in [3.05, 3.63) is 77.4 Å². The van der Waals surface area contributed by atoms with Crippen LogP contribution in [0.2, 0.25) is 0 Å². The lowest BCUT2D eigenvalue weighted by Gasteiger charge is -2.09. The predicted octanol–water partition coefficient (Wildman–Crippen LogP) is 6.40. The molecule has 4 aromatic rings. The van der Waals surface area contributed by atoms with E-state index in [1.165, 1.54) is 11.1 Å². The lowest BCUT2D eigenvalue weighted by molar-refractivity contribution is 0.102. The van der Waals surface area contributed by atoms with E-state index in [9.17, 15) is 4.79 Å². The van der Waals surface area contributed by atoms with E-state index < -0.39 is 0 Å². The van der Waals surface area contributed by atoms with E-state index in [4.69, 9.17) is 9.15 Å². The fourth-order valence-corrected chi connectivity index (χ4v) is 3.17. The van der Waals surface area contributed by atoms with Crippen LogP contribution in [-0.4, -0.2) is 17.5 Å². The van der Waals surface area contributed by atoms with Crippen molar-refractivity contribution in [1.29, 1.82) is 0 Å². The summed E-state index contributed by atoms with van der Waals surface area (Å²) in [4.78, 5) is 17.2. The molecule has 1 aromatic heterocycles. The summed E-state index contributed by atoms with van der Waals surface area (Å²) in [5.74, 6) is 1.59. The molecule has 0 bridgehead atoms. The molecule has 31 heavy (non-hydrogen) atoms. The van der Waals surface area contributed by atoms with Gasteiger partial charge in [0, 0.05) is 16.8 Å². The topological polar surface area (TPSA) is 64.4 Å². The summed E-state index contributed by atoms with van der Waals surface area (Å²) < 4.78 is 11.6. The number of carbonyl (C=O) groups excluding carboxylic acids is 1. The number of anilines is 1. The largest absolute Gasteiger partial charge is 0.493 e. The van der Waals surface area contributed by atoms with Crippen molar-refractivity contribution in [1.82, 2.24) is 4.98 Å². The van der Waals surface area contributed by atoms with Gasteiger partial charge in [-0.3, -0.25) is 4.79 Å². The predicted molar refractivity (Wildman–Crippen MR) is 124 cm³/mol. The van der Waals surface area contributed by atoms with Gasteiger partial charge in [-0.05, 0) is 85.5 Å². The third kappa shape index (κ3) is 4.77. The number of rotatable bonds is 6. The number of carbonyl (C=O) groups is 1. The zero-order valence-electron chi connectivity index (χ0n) is 18.2. The fourth-order valence-electron chi connectivity index (χ4n) is 3.17. The van der Waals surface area contributed by atoms with Crippen molar-refractivity contribution < 1.29 is 13.9 Å². The maximum absolute atomic E-state index is 12.6. The molecular weight excluding hydrogens is 388 g/mol. The molecule has 3 aromatic carbocycles. The third-order valence-corrected chi connectivity index (χ3v) is 5.10. The average molecular weight is 415 g/mol. The van der Waals surface area contributed by atoms with Crippen LogP contribution in [0.4, 0.5) is 5.69 Å². The van der Waals surface area contributed by atoms with Gasteiger partial charge < -0.3 is 14.5 Å². The number of benzene rings is 3. The van der Waals surface area contributed by atoms with Crippen molar-refractivity contribution >= 4 is 22.7 Å². The summed E-state index contributed by atoms with van der Waals surface area (Å²) in [7, 11) is 0. The van der Waals surface area contributed by atoms with E-state index in [0.29, 0.717) is 40.8 Å². The summed E-state index contributed by atoms with van der Waals surface area (Å²) in [6, 6.07) is 18.7. The number of amides is 1. The maximum Gasteiger partial charge on any atom is 0.255 e. The van der Waals surface area contributed by atoms with E-state index in [1.54, 1.807) is 12.1 Å². The van der Waals surface area contributed by atoms with Crippen molar-refractivity contribution in [3.63, 3.8) is 0 Å². The van der Waals surface area contributed by atoms with Gasteiger partial charge in [0.05, 0.1) is 6.61 Å². The number of aromatic nitrogens is 1. The summed E-state index contributed by atoms with van der Waals surface area (Å²) in [6.45, 7) is 8.98. The quantitative estimate of drug-likeness (QED) is 0.396. The van der Waals surface area contributed by atoms with Gasteiger partial charge in [0.15, 0.2) is 5.58 Å². The standard InChI is InChI=1S/C26H26N2O3/c1-16(2)15-30-22-10-7-19(8-11-22)25(29)27-21-9-12-24-23(14-21)28-26(31-24)20-6-5-17(3)18(4)13-20/h5-14,16H,15H2,1-4H3,(H,27,29). The summed E-state index contributed by atoms with van der Waals surface area (Å²) >= 11 is 0. The van der Waals surface area contributed by atoms with E-state index in [2.05, 4.69) is 50.1 Å². The first kappa shape index (κ1) is 20.7. The molecular formula is C26H26N2O3. The number of hydrogen-bond donors (Lipinski definition) is 1. The Labute approximate surface area is 182 Å². The smallest absolute Gasteiger partial charge is 0.255 e. The minimum atomic E-state index is -0.187. The molecule has 0 saturated heterocycles. The highest BCUT2D eigenvalue weighted by molar-refractivity contribution is 6.05. The maximum atomic E-state index is 12.6. The molecule has 4 rings (SSSR count). The second-order valence-electron chi connectivity index (χ2n) is 8.18. The van der Waals surface area contributed by atoms with Crippen LogP contribution >= 0.6 is 0 Å². The molecule has 5 nitrogen and oxygen atoms in total. The van der Waals surface area contributed by atoms with Crippen molar-refractivity contribution in [2.45, 2.75) is 27.7 Å². The highest BCUT2D eigenvalue weighted by Crippen LogP contribution is 2.27. The molecule has 0 spiro atoms. The number of aryl methyl sites for hydroxylation is 2. The Kier molecular flexibility index (Phi) is 5.76. The minimum absolute atomic E-state index is 0.187. The van der Waals surface area contributed by atoms with E-state index in [-0.39, 0.29) is 5.91 Å². The molecule has 1 heterocycles. The number of nitrogens with one attached hydrogen (secondary N) is 1. The van der Waals surface area contributed by atoms with E-state index in [0.717, 1.165) is 11.3 Å². The first-order valence-corrected chi connectivity index (χ1v) is 10.4. The zero-order valence-corrected chi connectivity index (χ0v) is 18.2. The monoisotopic (exact) mass is 414 g/mol. The molecule has 0 saturated carbocycles. The molecule has 1 amide bonds. The lowest BCUT2D eigenvalue weighted by Crippen LogP contribution is -2.12. The Bertz CT molecular complexity index is 1220. The fraction of sp³-hybridized carbons (Fsp3) is 0.231. The van der Waals surface area contributed by atoms with Crippen LogP contribution in [0, 0.1) is 19.8 Å². The van der Waals surface area contributed by atoms with Crippen molar-refractivity contribution in [2.75, 3.05) is 11.9 Å². The van der Waals surface area contributed by atoms with Crippen molar-refractivity contribution in [3.8, 4) is 17.2 Å². The Hall–Kier alpha value is -3.60. The van der Waals surface area contributed by atoms with Crippen LogP contribution in [0.25, 0.3) is 22.6 Å². The second kappa shape index (κ2) is 8.64. The van der Waals surface area contributed by atoms with Gasteiger partial charge in [-0.25, -0.2) is 4.98 Å². The first-order chi connectivity index (χ1) is 14.9. The van der Waals surface area contributed by atoms with Gasteiger partial charge in [-0.15, -0.1) is 0 Å². The molecule has 0 fully saturated rings. The van der Waals surface area contributed by atoms with Gasteiger partial charge in [0.25, 0.3) is 5.91 Å². The van der Waals surface area contributed by atoms with Crippen molar-refractivity contribution in [2.24, 2.45) is 5.92 Å². The van der Waals surface area contributed by atoms with Crippen LogP contribution in [0.1, 0.15) is 35.3 Å². The molecule has 158 valence electrons. The van der Waals surface area contributed by atoms with Gasteiger partial charge >= 0.3 is 0 Å². The molecule has 5 heteroatoms. The Morgan fingerprint density at radius 2 is 1.77 bits per heavy atom. The van der Waals surface area contributed by atoms with Gasteiger partial charge in [0.2, 0.25) is 5.89 Å². The molecule has 0 radical (unpaired) electrons. The SMILES string of the molecule is Cc1ccc(-c2nc3cc(NC(=O)c4ccc(OCC(C)C)cc4)ccc3o2)cc1C. The van der Waals surface area contributed by atoms with Gasteiger partial charge in [-0.1, -0.05) is 19.9 Å². The van der Waals surface area contributed by atoms with Crippen LogP contribution in [0.15, 0.2) is 65.1 Å². The Morgan fingerprint density at radius 1 is 1.00 bits per heavy atom. The second-order valence-corrected chi connectivity index (χ2v) is 8.18. The molecule has 0 unspecified atom stereocenters. The highest BCUT2D eigenvalue weighted by atomic mass is 16.5. The summed E-state index contributed by atoms with van der Waals surface area (Å²) in [5, 5.41) is 2.92. The Balaban J connectivity index is 1.49. The summed E-state index contributed by atoms with van der Waals surface area (Å²) in [5.41, 5.74) is 5.95. The van der Waals surface area contributed by atoms with Crippen LogP contribution in [-0.2, 0) is 0 Å². The van der Waals surface area contributed by atoms with Gasteiger partial charge in [-0.2, -0.15) is 0 Å². The van der Waals surface area contributed by atoms with Crippen LogP contribution in [0.3, 0.4) is 0 Å². The van der Waals surface area contributed by atoms with Gasteiger partial charge in [0.1, 0.15) is 11.3 Å². The number of oxazole rings is 1. The molecule has 0 atom stereocenters. The molecule has 1 N–H and O–H groups in total. The average Bonchev–Trinajstić information content (AvgIpc) is 3.18. The highest BCUT2D eigenvalue weighted by Gasteiger charge is 2.12. The van der Waals surface area contributed by atoms with Crippen LogP contribution in [0.5, 0.6) is 5.75 Å². The van der Waals surface area contributed by atoms with E-state index in [1.807, 2.05) is 36.4 Å². The molecule has 0 aliphatic rings. The number of hydrogen-bond acceptors (Lipinski definition) is 4. The minimum Gasteiger partial charge on any atom is -0.493 e. The number of ether oxygens (including phenoxy) is 1. The molecule has 0 aliphatic heterocycles. The zero-order chi connectivity index (χ0) is 22.0.